The van der Waals surface area contributed by atoms with Crippen molar-refractivity contribution in [2.45, 2.75) is 58.5 Å². The second kappa shape index (κ2) is 8.55. The predicted octanol–water partition coefficient (Wildman–Crippen LogP) is 4.28. The Hall–Kier alpha value is -0.860. The topological polar surface area (TPSA) is 21.3 Å². The third kappa shape index (κ3) is 5.44. The highest BCUT2D eigenvalue weighted by Gasteiger charge is 2.19. The summed E-state index contributed by atoms with van der Waals surface area (Å²) >= 11 is 0. The number of aryl methyl sites for hydroxylation is 1. The van der Waals surface area contributed by atoms with Gasteiger partial charge < -0.3 is 10.1 Å². The summed E-state index contributed by atoms with van der Waals surface area (Å²) in [5, 5.41) is 3.65. The van der Waals surface area contributed by atoms with Gasteiger partial charge in [0.2, 0.25) is 0 Å². The van der Waals surface area contributed by atoms with Crippen LogP contribution in [0.4, 0.5) is 0 Å². The molecular weight excluding hydrogens is 258 g/mol. The Morgan fingerprint density at radius 1 is 1.24 bits per heavy atom. The summed E-state index contributed by atoms with van der Waals surface area (Å²) in [6.45, 7) is 9.91. The molecule has 1 aromatic rings. The number of hydrogen-bond donors (Lipinski definition) is 1. The van der Waals surface area contributed by atoms with Crippen molar-refractivity contribution in [1.82, 2.24) is 5.32 Å². The first-order valence-corrected chi connectivity index (χ1v) is 8.54. The molecule has 0 aliphatic carbocycles. The van der Waals surface area contributed by atoms with Gasteiger partial charge in [-0.1, -0.05) is 38.1 Å². The number of benzene rings is 1. The van der Waals surface area contributed by atoms with E-state index in [1.54, 1.807) is 0 Å². The summed E-state index contributed by atoms with van der Waals surface area (Å²) in [6.07, 6.45) is 5.41. The van der Waals surface area contributed by atoms with Crippen LogP contribution in [-0.2, 0) is 4.74 Å². The average Bonchev–Trinajstić information content (AvgIpc) is 2.96. The molecule has 1 aliphatic heterocycles. The van der Waals surface area contributed by atoms with Gasteiger partial charge in [-0.2, -0.15) is 0 Å². The van der Waals surface area contributed by atoms with Crippen molar-refractivity contribution in [3.63, 3.8) is 0 Å². The van der Waals surface area contributed by atoms with Gasteiger partial charge in [0.25, 0.3) is 0 Å². The van der Waals surface area contributed by atoms with Crippen molar-refractivity contribution < 1.29 is 4.74 Å². The molecule has 118 valence electrons. The molecule has 0 spiro atoms. The standard InChI is InChI=1S/C19H31NO/c1-15(2)13-20-14-17(10-11-18-8-6-12-21-18)19-9-5-4-7-16(19)3/h4-5,7,9,15,17-18,20H,6,8,10-14H2,1-3H3. The van der Waals surface area contributed by atoms with Crippen molar-refractivity contribution in [2.24, 2.45) is 5.92 Å². The molecule has 1 heterocycles. The molecule has 21 heavy (non-hydrogen) atoms. The fourth-order valence-electron chi connectivity index (χ4n) is 3.22. The molecule has 2 unspecified atom stereocenters. The van der Waals surface area contributed by atoms with E-state index in [2.05, 4.69) is 50.4 Å². The molecule has 0 saturated carbocycles. The number of hydrogen-bond acceptors (Lipinski definition) is 2. The SMILES string of the molecule is Cc1ccccc1C(CCC1CCCO1)CNCC(C)C. The molecule has 2 atom stereocenters. The highest BCUT2D eigenvalue weighted by molar-refractivity contribution is 5.29. The summed E-state index contributed by atoms with van der Waals surface area (Å²) in [4.78, 5) is 0. The predicted molar refractivity (Wildman–Crippen MR) is 89.8 cm³/mol. The first kappa shape index (κ1) is 16.5. The molecule has 1 aliphatic rings. The Morgan fingerprint density at radius 3 is 2.71 bits per heavy atom. The van der Waals surface area contributed by atoms with E-state index in [1.165, 1.54) is 36.8 Å². The normalized spacial score (nSPS) is 20.1. The van der Waals surface area contributed by atoms with Crippen LogP contribution in [0.15, 0.2) is 24.3 Å². The molecule has 1 fully saturated rings. The van der Waals surface area contributed by atoms with Crippen LogP contribution in [0.1, 0.15) is 56.6 Å². The van der Waals surface area contributed by atoms with E-state index in [9.17, 15) is 0 Å². The lowest BCUT2D eigenvalue weighted by Gasteiger charge is -2.22. The van der Waals surface area contributed by atoms with Crippen LogP contribution in [0.2, 0.25) is 0 Å². The van der Waals surface area contributed by atoms with Crippen LogP contribution >= 0.6 is 0 Å². The largest absolute Gasteiger partial charge is 0.378 e. The smallest absolute Gasteiger partial charge is 0.0576 e. The Labute approximate surface area is 130 Å². The number of nitrogens with one attached hydrogen (secondary N) is 1. The summed E-state index contributed by atoms with van der Waals surface area (Å²) < 4.78 is 5.79. The summed E-state index contributed by atoms with van der Waals surface area (Å²) in [7, 11) is 0. The fourth-order valence-corrected chi connectivity index (χ4v) is 3.22. The maximum atomic E-state index is 5.79. The first-order chi connectivity index (χ1) is 10.2. The summed E-state index contributed by atoms with van der Waals surface area (Å²) in [5.74, 6) is 1.31. The monoisotopic (exact) mass is 289 g/mol. The van der Waals surface area contributed by atoms with Gasteiger partial charge in [0.05, 0.1) is 6.10 Å². The molecule has 0 radical (unpaired) electrons. The molecule has 0 bridgehead atoms. The van der Waals surface area contributed by atoms with Gasteiger partial charge in [-0.3, -0.25) is 0 Å². The molecule has 1 N–H and O–H groups in total. The van der Waals surface area contributed by atoms with Crippen molar-refractivity contribution in [3.05, 3.63) is 35.4 Å². The molecule has 2 heteroatoms. The lowest BCUT2D eigenvalue weighted by Crippen LogP contribution is -2.26. The summed E-state index contributed by atoms with van der Waals surface area (Å²) in [6, 6.07) is 8.84. The van der Waals surface area contributed by atoms with Gasteiger partial charge in [-0.15, -0.1) is 0 Å². The van der Waals surface area contributed by atoms with E-state index in [4.69, 9.17) is 4.74 Å². The minimum atomic E-state index is 0.501. The quantitative estimate of drug-likeness (QED) is 0.771. The van der Waals surface area contributed by atoms with E-state index in [0.717, 1.165) is 19.7 Å². The van der Waals surface area contributed by atoms with Crippen LogP contribution in [0.3, 0.4) is 0 Å². The molecule has 0 aromatic heterocycles. The minimum absolute atomic E-state index is 0.501. The van der Waals surface area contributed by atoms with Crippen LogP contribution in [0.25, 0.3) is 0 Å². The third-order valence-corrected chi connectivity index (χ3v) is 4.43. The summed E-state index contributed by atoms with van der Waals surface area (Å²) in [5.41, 5.74) is 2.92. The van der Waals surface area contributed by atoms with Crippen molar-refractivity contribution >= 4 is 0 Å². The first-order valence-electron chi connectivity index (χ1n) is 8.54. The van der Waals surface area contributed by atoms with Gasteiger partial charge in [-0.25, -0.2) is 0 Å². The van der Waals surface area contributed by atoms with E-state index in [0.29, 0.717) is 17.9 Å². The van der Waals surface area contributed by atoms with E-state index in [-0.39, 0.29) is 0 Å². The van der Waals surface area contributed by atoms with Crippen LogP contribution < -0.4 is 5.32 Å². The highest BCUT2D eigenvalue weighted by atomic mass is 16.5. The lowest BCUT2D eigenvalue weighted by atomic mass is 9.89. The van der Waals surface area contributed by atoms with Gasteiger partial charge in [0.15, 0.2) is 0 Å². The van der Waals surface area contributed by atoms with Crippen LogP contribution in [0, 0.1) is 12.8 Å². The molecule has 1 saturated heterocycles. The van der Waals surface area contributed by atoms with Crippen molar-refractivity contribution in [2.75, 3.05) is 19.7 Å². The molecule has 2 rings (SSSR count). The zero-order valence-electron chi connectivity index (χ0n) is 13.9. The van der Waals surface area contributed by atoms with Gasteiger partial charge >= 0.3 is 0 Å². The average molecular weight is 289 g/mol. The molecular formula is C19H31NO. The Bertz CT molecular complexity index is 410. The third-order valence-electron chi connectivity index (χ3n) is 4.43. The number of rotatable bonds is 8. The lowest BCUT2D eigenvalue weighted by molar-refractivity contribution is 0.100. The van der Waals surface area contributed by atoms with Gasteiger partial charge in [0.1, 0.15) is 0 Å². The highest BCUT2D eigenvalue weighted by Crippen LogP contribution is 2.27. The molecule has 1 aromatic carbocycles. The fraction of sp³-hybridized carbons (Fsp3) is 0.684. The Kier molecular flexibility index (Phi) is 6.72. The van der Waals surface area contributed by atoms with E-state index in [1.807, 2.05) is 0 Å². The maximum Gasteiger partial charge on any atom is 0.0576 e. The van der Waals surface area contributed by atoms with Crippen LogP contribution in [0.5, 0.6) is 0 Å². The van der Waals surface area contributed by atoms with Crippen LogP contribution in [-0.4, -0.2) is 25.8 Å². The van der Waals surface area contributed by atoms with Gasteiger partial charge in [-0.05, 0) is 62.1 Å². The van der Waals surface area contributed by atoms with E-state index < -0.39 is 0 Å². The Balaban J connectivity index is 1.93. The van der Waals surface area contributed by atoms with Crippen molar-refractivity contribution in [3.8, 4) is 0 Å². The minimum Gasteiger partial charge on any atom is -0.378 e. The van der Waals surface area contributed by atoms with Gasteiger partial charge in [0, 0.05) is 13.2 Å². The second-order valence-corrected chi connectivity index (χ2v) is 6.82. The zero-order valence-corrected chi connectivity index (χ0v) is 13.9. The zero-order chi connectivity index (χ0) is 15.1. The molecule has 2 nitrogen and oxygen atoms in total. The Morgan fingerprint density at radius 2 is 2.05 bits per heavy atom. The van der Waals surface area contributed by atoms with Crippen molar-refractivity contribution in [1.29, 1.82) is 0 Å². The van der Waals surface area contributed by atoms with E-state index >= 15 is 0 Å². The second-order valence-electron chi connectivity index (χ2n) is 6.82. The number of ether oxygens (including phenoxy) is 1. The maximum absolute atomic E-state index is 5.79. The molecule has 0 amide bonds.